The van der Waals surface area contributed by atoms with E-state index >= 15 is 0 Å². The third-order valence-corrected chi connectivity index (χ3v) is 7.45. The molecule has 0 N–H and O–H groups in total. The summed E-state index contributed by atoms with van der Waals surface area (Å²) in [5, 5.41) is 0. The van der Waals surface area contributed by atoms with E-state index in [0.717, 1.165) is 56.1 Å². The van der Waals surface area contributed by atoms with Crippen LogP contribution in [0.25, 0.3) is 0 Å². The van der Waals surface area contributed by atoms with E-state index in [9.17, 15) is 22.4 Å². The molecule has 2 saturated heterocycles. The van der Waals surface area contributed by atoms with Crippen LogP contribution in [0.4, 0.5) is 23.2 Å². The standard InChI is InChI=1S/C29H29F4N3O/c30-25-9-11-26(12-10-25)35-15-13-34(14-16-35)18-23-19-36(20-27(23)21-5-2-1-3-6-21)28(37)22-7-4-8-24(17-22)29(31,32)33/h1-12,17,23,27H,13-16,18-20H2/t23-,27-/m0/s1. The Morgan fingerprint density at radius 1 is 0.838 bits per heavy atom. The van der Waals surface area contributed by atoms with Crippen LogP contribution in [-0.4, -0.2) is 61.5 Å². The van der Waals surface area contributed by atoms with Crippen LogP contribution in [0.15, 0.2) is 78.9 Å². The van der Waals surface area contributed by atoms with Gasteiger partial charge in [0.15, 0.2) is 0 Å². The number of anilines is 1. The van der Waals surface area contributed by atoms with Crippen molar-refractivity contribution in [3.8, 4) is 0 Å². The van der Waals surface area contributed by atoms with E-state index in [4.69, 9.17) is 0 Å². The topological polar surface area (TPSA) is 26.8 Å². The predicted octanol–water partition coefficient (Wildman–Crippen LogP) is 5.52. The van der Waals surface area contributed by atoms with Crippen LogP contribution < -0.4 is 4.90 Å². The summed E-state index contributed by atoms with van der Waals surface area (Å²) >= 11 is 0. The lowest BCUT2D eigenvalue weighted by molar-refractivity contribution is -0.137. The van der Waals surface area contributed by atoms with Crippen LogP contribution >= 0.6 is 0 Å². The second kappa shape index (κ2) is 10.5. The molecule has 1 amide bonds. The molecule has 4 nitrogen and oxygen atoms in total. The molecule has 37 heavy (non-hydrogen) atoms. The molecule has 2 fully saturated rings. The molecule has 0 unspecified atom stereocenters. The summed E-state index contributed by atoms with van der Waals surface area (Å²) in [6, 6.07) is 21.2. The summed E-state index contributed by atoms with van der Waals surface area (Å²) in [4.78, 5) is 19.6. The summed E-state index contributed by atoms with van der Waals surface area (Å²) in [6.07, 6.45) is -4.49. The monoisotopic (exact) mass is 511 g/mol. The second-order valence-electron chi connectivity index (χ2n) is 9.83. The number of hydrogen-bond donors (Lipinski definition) is 0. The van der Waals surface area contributed by atoms with E-state index in [2.05, 4.69) is 21.9 Å². The Labute approximate surface area is 214 Å². The number of piperazine rings is 1. The van der Waals surface area contributed by atoms with Crippen molar-refractivity contribution < 1.29 is 22.4 Å². The van der Waals surface area contributed by atoms with Crippen molar-refractivity contribution in [2.24, 2.45) is 5.92 Å². The van der Waals surface area contributed by atoms with Gasteiger partial charge in [0.2, 0.25) is 0 Å². The van der Waals surface area contributed by atoms with Crippen molar-refractivity contribution in [2.75, 3.05) is 50.7 Å². The second-order valence-corrected chi connectivity index (χ2v) is 9.83. The molecule has 0 spiro atoms. The molecule has 0 radical (unpaired) electrons. The Kier molecular flexibility index (Phi) is 7.20. The van der Waals surface area contributed by atoms with Gasteiger partial charge in [0.25, 0.3) is 5.91 Å². The van der Waals surface area contributed by atoms with Crippen molar-refractivity contribution in [1.82, 2.24) is 9.80 Å². The van der Waals surface area contributed by atoms with E-state index in [1.54, 1.807) is 17.0 Å². The zero-order valence-corrected chi connectivity index (χ0v) is 20.4. The lowest BCUT2D eigenvalue weighted by Gasteiger charge is -2.37. The molecule has 2 aliphatic rings. The van der Waals surface area contributed by atoms with Crippen LogP contribution in [-0.2, 0) is 6.18 Å². The smallest absolute Gasteiger partial charge is 0.369 e. The summed E-state index contributed by atoms with van der Waals surface area (Å²) < 4.78 is 52.9. The largest absolute Gasteiger partial charge is 0.416 e. The Balaban J connectivity index is 1.28. The van der Waals surface area contributed by atoms with Gasteiger partial charge in [0.1, 0.15) is 5.82 Å². The van der Waals surface area contributed by atoms with Gasteiger partial charge in [-0.2, -0.15) is 13.2 Å². The summed E-state index contributed by atoms with van der Waals surface area (Å²) in [5.74, 6) is -0.351. The first-order valence-corrected chi connectivity index (χ1v) is 12.5. The van der Waals surface area contributed by atoms with Crippen molar-refractivity contribution in [3.63, 3.8) is 0 Å². The van der Waals surface area contributed by atoms with Crippen molar-refractivity contribution in [1.29, 1.82) is 0 Å². The predicted molar refractivity (Wildman–Crippen MR) is 135 cm³/mol. The number of hydrogen-bond acceptors (Lipinski definition) is 3. The molecule has 194 valence electrons. The van der Waals surface area contributed by atoms with E-state index in [1.807, 2.05) is 18.2 Å². The fourth-order valence-corrected chi connectivity index (χ4v) is 5.48. The number of benzene rings is 3. The molecular weight excluding hydrogens is 482 g/mol. The van der Waals surface area contributed by atoms with Gasteiger partial charge >= 0.3 is 6.18 Å². The first kappa shape index (κ1) is 25.3. The average molecular weight is 512 g/mol. The lowest BCUT2D eigenvalue weighted by Crippen LogP contribution is -2.48. The Morgan fingerprint density at radius 3 is 2.22 bits per heavy atom. The number of amides is 1. The number of alkyl halides is 3. The summed E-state index contributed by atoms with van der Waals surface area (Å²) in [6.45, 7) is 5.09. The highest BCUT2D eigenvalue weighted by Gasteiger charge is 2.38. The zero-order valence-electron chi connectivity index (χ0n) is 20.4. The van der Waals surface area contributed by atoms with Crippen LogP contribution in [0.5, 0.6) is 0 Å². The van der Waals surface area contributed by atoms with Crippen molar-refractivity contribution >= 4 is 11.6 Å². The quantitative estimate of drug-likeness (QED) is 0.422. The van der Waals surface area contributed by atoms with Crippen LogP contribution in [0.1, 0.15) is 27.4 Å². The zero-order chi connectivity index (χ0) is 26.0. The third kappa shape index (κ3) is 5.80. The molecule has 2 heterocycles. The van der Waals surface area contributed by atoms with Crippen LogP contribution in [0, 0.1) is 11.7 Å². The van der Waals surface area contributed by atoms with Crippen LogP contribution in [0.3, 0.4) is 0 Å². The fraction of sp³-hybridized carbons (Fsp3) is 0.345. The van der Waals surface area contributed by atoms with Gasteiger partial charge in [0, 0.05) is 63.0 Å². The summed E-state index contributed by atoms with van der Waals surface area (Å²) in [7, 11) is 0. The number of carbonyl (C=O) groups excluding carboxylic acids is 1. The molecule has 8 heteroatoms. The molecule has 3 aromatic rings. The lowest BCUT2D eigenvalue weighted by atomic mass is 9.88. The van der Waals surface area contributed by atoms with Gasteiger partial charge in [-0.05, 0) is 53.9 Å². The Hall–Kier alpha value is -3.39. The van der Waals surface area contributed by atoms with Crippen LogP contribution in [0.2, 0.25) is 0 Å². The first-order chi connectivity index (χ1) is 17.8. The molecule has 0 aliphatic carbocycles. The molecular formula is C29H29F4N3O. The molecule has 0 bridgehead atoms. The molecule has 2 aliphatic heterocycles. The number of rotatable bonds is 5. The highest BCUT2D eigenvalue weighted by molar-refractivity contribution is 5.94. The number of nitrogens with zero attached hydrogens (tertiary/aromatic N) is 3. The number of likely N-dealkylation sites (tertiary alicyclic amines) is 1. The average Bonchev–Trinajstić information content (AvgIpc) is 3.33. The first-order valence-electron chi connectivity index (χ1n) is 12.5. The van der Waals surface area contributed by atoms with Gasteiger partial charge in [-0.3, -0.25) is 9.69 Å². The minimum atomic E-state index is -4.49. The number of halogens is 4. The normalized spacial score (nSPS) is 20.9. The maximum atomic E-state index is 13.3. The fourth-order valence-electron chi connectivity index (χ4n) is 5.48. The molecule has 0 saturated carbocycles. The van der Waals surface area contributed by atoms with E-state index in [-0.39, 0.29) is 29.1 Å². The van der Waals surface area contributed by atoms with E-state index in [1.165, 1.54) is 24.3 Å². The summed E-state index contributed by atoms with van der Waals surface area (Å²) in [5.41, 5.74) is 1.39. The number of carbonyl (C=O) groups is 1. The van der Waals surface area contributed by atoms with Crippen molar-refractivity contribution in [2.45, 2.75) is 12.1 Å². The van der Waals surface area contributed by atoms with E-state index in [0.29, 0.717) is 13.1 Å². The van der Waals surface area contributed by atoms with Gasteiger partial charge in [-0.15, -0.1) is 0 Å². The van der Waals surface area contributed by atoms with Gasteiger partial charge in [-0.1, -0.05) is 36.4 Å². The van der Waals surface area contributed by atoms with E-state index < -0.39 is 11.7 Å². The third-order valence-electron chi connectivity index (χ3n) is 7.45. The highest BCUT2D eigenvalue weighted by Crippen LogP contribution is 2.35. The minimum absolute atomic E-state index is 0.0650. The Bertz CT molecular complexity index is 1210. The SMILES string of the molecule is O=C(c1cccc(C(F)(F)F)c1)N1C[C@H](CN2CCN(c3ccc(F)cc3)CC2)[C@H](c2ccccc2)C1. The Morgan fingerprint density at radius 2 is 1.54 bits per heavy atom. The maximum absolute atomic E-state index is 13.3. The van der Waals surface area contributed by atoms with Gasteiger partial charge < -0.3 is 9.80 Å². The molecule has 2 atom stereocenters. The van der Waals surface area contributed by atoms with Gasteiger partial charge in [-0.25, -0.2) is 4.39 Å². The minimum Gasteiger partial charge on any atom is -0.369 e. The van der Waals surface area contributed by atoms with Crippen molar-refractivity contribution in [3.05, 3.63) is 101 Å². The highest BCUT2D eigenvalue weighted by atomic mass is 19.4. The molecule has 5 rings (SSSR count). The molecule has 3 aromatic carbocycles. The van der Waals surface area contributed by atoms with Gasteiger partial charge in [0.05, 0.1) is 5.56 Å². The maximum Gasteiger partial charge on any atom is 0.416 e. The molecule has 0 aromatic heterocycles.